The lowest BCUT2D eigenvalue weighted by Crippen LogP contribution is -2.27. The first-order valence-electron chi connectivity index (χ1n) is 5.45. The molecule has 90 valence electrons. The van der Waals surface area contributed by atoms with Crippen molar-refractivity contribution in [3.8, 4) is 0 Å². The summed E-state index contributed by atoms with van der Waals surface area (Å²) in [4.78, 5) is 35.7. The number of methoxy groups -OCH3 is 1. The van der Waals surface area contributed by atoms with E-state index >= 15 is 0 Å². The highest BCUT2D eigenvalue weighted by molar-refractivity contribution is 5.99. The van der Waals surface area contributed by atoms with E-state index in [9.17, 15) is 14.4 Å². The molecule has 1 aliphatic rings. The fourth-order valence-electron chi connectivity index (χ4n) is 1.83. The van der Waals surface area contributed by atoms with E-state index in [1.54, 1.807) is 4.90 Å². The Bertz CT molecular complexity index is 300. The number of amides is 1. The van der Waals surface area contributed by atoms with Gasteiger partial charge in [0.1, 0.15) is 12.2 Å². The van der Waals surface area contributed by atoms with Crippen LogP contribution in [0.1, 0.15) is 26.2 Å². The van der Waals surface area contributed by atoms with E-state index < -0.39 is 5.97 Å². The molecule has 0 aliphatic carbocycles. The minimum absolute atomic E-state index is 0.00469. The predicted octanol–water partition coefficient (Wildman–Crippen LogP) is 0.377. The van der Waals surface area contributed by atoms with Gasteiger partial charge in [0.2, 0.25) is 5.91 Å². The van der Waals surface area contributed by atoms with E-state index in [0.29, 0.717) is 13.1 Å². The number of hydrogen-bond acceptors (Lipinski definition) is 4. The lowest BCUT2D eigenvalue weighted by Gasteiger charge is -2.14. The molecule has 0 aromatic carbocycles. The summed E-state index contributed by atoms with van der Waals surface area (Å²) in [6.45, 7) is 3.11. The first-order valence-corrected chi connectivity index (χ1v) is 5.45. The number of nitrogens with zero attached hydrogens (tertiary/aromatic N) is 1. The highest BCUT2D eigenvalue weighted by Crippen LogP contribution is 2.20. The summed E-state index contributed by atoms with van der Waals surface area (Å²) in [5.41, 5.74) is 0. The molecule has 0 saturated carbocycles. The first-order chi connectivity index (χ1) is 7.58. The van der Waals surface area contributed by atoms with E-state index in [2.05, 4.69) is 4.74 Å². The molecule has 1 aliphatic heterocycles. The number of Topliss-reactive ketones (excluding diaryl/α,β-unsaturated/α-hetero) is 1. The van der Waals surface area contributed by atoms with Gasteiger partial charge in [0, 0.05) is 25.4 Å². The molecule has 1 heterocycles. The average Bonchev–Trinajstić information content (AvgIpc) is 2.61. The quantitative estimate of drug-likeness (QED) is 0.503. The molecule has 16 heavy (non-hydrogen) atoms. The Morgan fingerprint density at radius 1 is 1.50 bits per heavy atom. The van der Waals surface area contributed by atoms with Gasteiger partial charge in [-0.15, -0.1) is 0 Å². The van der Waals surface area contributed by atoms with Crippen LogP contribution in [-0.2, 0) is 19.1 Å². The number of ether oxygens (including phenoxy) is 1. The van der Waals surface area contributed by atoms with Gasteiger partial charge >= 0.3 is 5.97 Å². The fourth-order valence-corrected chi connectivity index (χ4v) is 1.83. The van der Waals surface area contributed by atoms with Gasteiger partial charge in [0.05, 0.1) is 7.11 Å². The van der Waals surface area contributed by atoms with Crippen molar-refractivity contribution in [1.29, 1.82) is 0 Å². The van der Waals surface area contributed by atoms with Crippen LogP contribution >= 0.6 is 0 Å². The molecule has 0 spiro atoms. The van der Waals surface area contributed by atoms with Crippen LogP contribution in [0.2, 0.25) is 0 Å². The molecule has 0 unspecified atom stereocenters. The Labute approximate surface area is 94.7 Å². The minimum Gasteiger partial charge on any atom is -0.469 e. The van der Waals surface area contributed by atoms with E-state index in [0.717, 1.165) is 6.42 Å². The number of rotatable bonds is 5. The summed E-state index contributed by atoms with van der Waals surface area (Å²) < 4.78 is 4.42. The number of carbonyl (C=O) groups excluding carboxylic acids is 3. The van der Waals surface area contributed by atoms with Crippen molar-refractivity contribution >= 4 is 17.7 Å². The van der Waals surface area contributed by atoms with Crippen molar-refractivity contribution in [2.75, 3.05) is 20.2 Å². The summed E-state index contributed by atoms with van der Waals surface area (Å²) in [7, 11) is 1.25. The van der Waals surface area contributed by atoms with Gasteiger partial charge in [-0.05, 0) is 6.42 Å². The van der Waals surface area contributed by atoms with E-state index in [4.69, 9.17) is 0 Å². The van der Waals surface area contributed by atoms with Crippen LogP contribution in [-0.4, -0.2) is 42.8 Å². The summed E-state index contributed by atoms with van der Waals surface area (Å²) in [6.07, 6.45) is 0.883. The third-order valence-corrected chi connectivity index (χ3v) is 2.71. The predicted molar refractivity (Wildman–Crippen MR) is 56.6 cm³/mol. The van der Waals surface area contributed by atoms with Crippen molar-refractivity contribution in [1.82, 2.24) is 4.90 Å². The summed E-state index contributed by atoms with van der Waals surface area (Å²) in [5.74, 6) is -1.06. The molecule has 1 fully saturated rings. The van der Waals surface area contributed by atoms with E-state index in [1.165, 1.54) is 7.11 Å². The standard InChI is InChI=1S/C11H17NO4/c1-3-4-12-7-8(5-10(12)14)9(13)6-11(15)16-2/h8H,3-7H2,1-2H3/t8-/m1/s1. The van der Waals surface area contributed by atoms with Crippen molar-refractivity contribution < 1.29 is 19.1 Å². The minimum atomic E-state index is -0.536. The Kier molecular flexibility index (Phi) is 4.46. The maximum atomic E-state index is 11.6. The smallest absolute Gasteiger partial charge is 0.313 e. The normalized spacial score (nSPS) is 20.0. The summed E-state index contributed by atoms with van der Waals surface area (Å²) in [5, 5.41) is 0. The largest absolute Gasteiger partial charge is 0.469 e. The maximum absolute atomic E-state index is 11.6. The Balaban J connectivity index is 2.48. The third-order valence-electron chi connectivity index (χ3n) is 2.71. The van der Waals surface area contributed by atoms with Gasteiger partial charge in [-0.1, -0.05) is 6.92 Å². The van der Waals surface area contributed by atoms with Gasteiger partial charge in [0.25, 0.3) is 0 Å². The second-order valence-electron chi connectivity index (χ2n) is 3.96. The highest BCUT2D eigenvalue weighted by atomic mass is 16.5. The van der Waals surface area contributed by atoms with Crippen molar-refractivity contribution in [2.24, 2.45) is 5.92 Å². The Hall–Kier alpha value is -1.39. The molecule has 1 amide bonds. The first kappa shape index (κ1) is 12.7. The van der Waals surface area contributed by atoms with Gasteiger partial charge in [-0.2, -0.15) is 0 Å². The monoisotopic (exact) mass is 227 g/mol. The maximum Gasteiger partial charge on any atom is 0.313 e. The molecule has 0 aromatic rings. The molecule has 0 N–H and O–H groups in total. The zero-order valence-corrected chi connectivity index (χ0v) is 9.69. The average molecular weight is 227 g/mol. The van der Waals surface area contributed by atoms with Gasteiger partial charge in [0.15, 0.2) is 0 Å². The Morgan fingerprint density at radius 3 is 2.75 bits per heavy atom. The SMILES string of the molecule is CCCN1C[C@H](C(=O)CC(=O)OC)CC1=O. The zero-order chi connectivity index (χ0) is 12.1. The molecular formula is C11H17NO4. The molecule has 0 bridgehead atoms. The summed E-state index contributed by atoms with van der Waals surface area (Å²) >= 11 is 0. The van der Waals surface area contributed by atoms with Crippen LogP contribution in [0.15, 0.2) is 0 Å². The number of ketones is 1. The van der Waals surface area contributed by atoms with Gasteiger partial charge in [-0.25, -0.2) is 0 Å². The van der Waals surface area contributed by atoms with Crippen LogP contribution in [0.25, 0.3) is 0 Å². The second-order valence-corrected chi connectivity index (χ2v) is 3.96. The molecule has 0 radical (unpaired) electrons. The van der Waals surface area contributed by atoms with E-state index in [1.807, 2.05) is 6.92 Å². The second kappa shape index (κ2) is 5.63. The number of likely N-dealkylation sites (tertiary alicyclic amines) is 1. The third kappa shape index (κ3) is 3.05. The van der Waals surface area contributed by atoms with Crippen LogP contribution in [0.5, 0.6) is 0 Å². The molecule has 0 aromatic heterocycles. The van der Waals surface area contributed by atoms with Gasteiger partial charge in [-0.3, -0.25) is 14.4 Å². The van der Waals surface area contributed by atoms with E-state index in [-0.39, 0.29) is 30.4 Å². The fraction of sp³-hybridized carbons (Fsp3) is 0.727. The topological polar surface area (TPSA) is 63.7 Å². The lowest BCUT2D eigenvalue weighted by molar-refractivity contribution is -0.144. The number of hydrogen-bond donors (Lipinski definition) is 0. The summed E-state index contributed by atoms with van der Waals surface area (Å²) in [6, 6.07) is 0. The van der Waals surface area contributed by atoms with Crippen molar-refractivity contribution in [3.63, 3.8) is 0 Å². The molecule has 1 saturated heterocycles. The zero-order valence-electron chi connectivity index (χ0n) is 9.69. The van der Waals surface area contributed by atoms with Crippen LogP contribution in [0.3, 0.4) is 0 Å². The number of carbonyl (C=O) groups is 3. The van der Waals surface area contributed by atoms with Crippen molar-refractivity contribution in [3.05, 3.63) is 0 Å². The lowest BCUT2D eigenvalue weighted by atomic mass is 10.0. The molecule has 5 heteroatoms. The van der Waals surface area contributed by atoms with Gasteiger partial charge < -0.3 is 9.64 Å². The molecule has 5 nitrogen and oxygen atoms in total. The molecular weight excluding hydrogens is 210 g/mol. The van der Waals surface area contributed by atoms with Crippen molar-refractivity contribution in [2.45, 2.75) is 26.2 Å². The van der Waals surface area contributed by atoms with Crippen LogP contribution < -0.4 is 0 Å². The van der Waals surface area contributed by atoms with Crippen LogP contribution in [0.4, 0.5) is 0 Å². The molecule has 1 atom stereocenters. The van der Waals surface area contributed by atoms with Crippen LogP contribution in [0, 0.1) is 5.92 Å². The highest BCUT2D eigenvalue weighted by Gasteiger charge is 2.34. The molecule has 1 rings (SSSR count). The number of esters is 1. The Morgan fingerprint density at radius 2 is 2.19 bits per heavy atom.